The zero-order chi connectivity index (χ0) is 21.1. The van der Waals surface area contributed by atoms with Gasteiger partial charge in [0, 0.05) is 18.4 Å². The van der Waals surface area contributed by atoms with Crippen molar-refractivity contribution in [3.8, 4) is 5.75 Å². The molecule has 1 saturated carbocycles. The van der Waals surface area contributed by atoms with Gasteiger partial charge in [0.2, 0.25) is 5.79 Å². The number of carbonyl (C=O) groups excluding carboxylic acids is 1. The maximum Gasteiger partial charge on any atom is 0.341 e. The third kappa shape index (κ3) is 2.90. The van der Waals surface area contributed by atoms with E-state index in [4.69, 9.17) is 18.9 Å². The molecule has 0 aromatic heterocycles. The molecule has 3 heterocycles. The number of benzene rings is 2. The Balaban J connectivity index is 1.49. The predicted octanol–water partition coefficient (Wildman–Crippen LogP) is 5.10. The molecule has 0 radical (unpaired) electrons. The minimum Gasteiger partial charge on any atom is -0.497 e. The SMILES string of the molecule is COc1ccc([C@]23Cc4ccccc4[C@H](O2)C2=C(CC4(CCCCC4)OC2=O)O3)cc1. The Hall–Kier alpha value is -2.79. The molecule has 160 valence electrons. The first-order valence-electron chi connectivity index (χ1n) is 11.2. The van der Waals surface area contributed by atoms with Gasteiger partial charge in [-0.2, -0.15) is 0 Å². The van der Waals surface area contributed by atoms with E-state index < -0.39 is 17.5 Å². The summed E-state index contributed by atoms with van der Waals surface area (Å²) in [6, 6.07) is 16.0. The molecular formula is C26H26O5. The number of rotatable bonds is 2. The van der Waals surface area contributed by atoms with Crippen LogP contribution in [0.5, 0.6) is 5.75 Å². The number of fused-ring (bicyclic) bond motifs is 5. The minimum atomic E-state index is -0.961. The summed E-state index contributed by atoms with van der Waals surface area (Å²) in [5.41, 5.74) is 3.19. The number of methoxy groups -OCH3 is 1. The summed E-state index contributed by atoms with van der Waals surface area (Å²) in [5, 5.41) is 0. The molecule has 3 aliphatic heterocycles. The van der Waals surface area contributed by atoms with E-state index in [1.54, 1.807) is 7.11 Å². The lowest BCUT2D eigenvalue weighted by Crippen LogP contribution is -2.51. The summed E-state index contributed by atoms with van der Waals surface area (Å²) >= 11 is 0. The first-order valence-corrected chi connectivity index (χ1v) is 11.2. The Morgan fingerprint density at radius 3 is 2.48 bits per heavy atom. The van der Waals surface area contributed by atoms with Gasteiger partial charge in [-0.05, 0) is 61.1 Å². The van der Waals surface area contributed by atoms with Crippen LogP contribution < -0.4 is 4.74 Å². The summed E-state index contributed by atoms with van der Waals surface area (Å²) in [4.78, 5) is 13.3. The highest BCUT2D eigenvalue weighted by atomic mass is 16.7. The normalized spacial score (nSPS) is 28.3. The van der Waals surface area contributed by atoms with Crippen molar-refractivity contribution < 1.29 is 23.7 Å². The van der Waals surface area contributed by atoms with Crippen molar-refractivity contribution in [3.05, 3.63) is 76.6 Å². The molecule has 0 amide bonds. The molecule has 1 aliphatic carbocycles. The molecule has 2 atom stereocenters. The molecule has 2 aromatic carbocycles. The van der Waals surface area contributed by atoms with E-state index in [0.29, 0.717) is 18.4 Å². The largest absolute Gasteiger partial charge is 0.497 e. The van der Waals surface area contributed by atoms with Crippen LogP contribution in [0.1, 0.15) is 61.3 Å². The van der Waals surface area contributed by atoms with Gasteiger partial charge in [-0.15, -0.1) is 0 Å². The van der Waals surface area contributed by atoms with E-state index in [0.717, 1.165) is 53.9 Å². The second-order valence-corrected chi connectivity index (χ2v) is 9.10. The molecule has 0 unspecified atom stereocenters. The molecular weight excluding hydrogens is 392 g/mol. The average Bonchev–Trinajstić information content (AvgIpc) is 2.79. The zero-order valence-corrected chi connectivity index (χ0v) is 17.7. The van der Waals surface area contributed by atoms with E-state index in [-0.39, 0.29) is 5.97 Å². The van der Waals surface area contributed by atoms with Gasteiger partial charge < -0.3 is 18.9 Å². The lowest BCUT2D eigenvalue weighted by Gasteiger charge is -2.51. The Kier molecular flexibility index (Phi) is 4.19. The van der Waals surface area contributed by atoms with Crippen molar-refractivity contribution in [2.75, 3.05) is 7.11 Å². The van der Waals surface area contributed by atoms with Crippen LogP contribution in [0.3, 0.4) is 0 Å². The summed E-state index contributed by atoms with van der Waals surface area (Å²) in [7, 11) is 1.65. The second kappa shape index (κ2) is 6.86. The van der Waals surface area contributed by atoms with Crippen LogP contribution in [0.25, 0.3) is 0 Å². The van der Waals surface area contributed by atoms with Crippen molar-refractivity contribution in [2.24, 2.45) is 0 Å². The van der Waals surface area contributed by atoms with Crippen LogP contribution in [-0.4, -0.2) is 18.7 Å². The van der Waals surface area contributed by atoms with Crippen molar-refractivity contribution in [3.63, 3.8) is 0 Å². The van der Waals surface area contributed by atoms with Gasteiger partial charge in [-0.3, -0.25) is 0 Å². The zero-order valence-electron chi connectivity index (χ0n) is 17.7. The molecule has 5 heteroatoms. The van der Waals surface area contributed by atoms with Crippen LogP contribution in [0.4, 0.5) is 0 Å². The third-order valence-corrected chi connectivity index (χ3v) is 7.23. The number of esters is 1. The molecule has 5 nitrogen and oxygen atoms in total. The Morgan fingerprint density at radius 1 is 0.935 bits per heavy atom. The summed E-state index contributed by atoms with van der Waals surface area (Å²) in [5.74, 6) is 0.288. The van der Waals surface area contributed by atoms with Crippen LogP contribution >= 0.6 is 0 Å². The summed E-state index contributed by atoms with van der Waals surface area (Å²) < 4.78 is 24.7. The maximum absolute atomic E-state index is 13.3. The van der Waals surface area contributed by atoms with Crippen LogP contribution in [0, 0.1) is 0 Å². The topological polar surface area (TPSA) is 54.0 Å². The van der Waals surface area contributed by atoms with E-state index in [9.17, 15) is 4.79 Å². The lowest BCUT2D eigenvalue weighted by atomic mass is 9.77. The minimum absolute atomic E-state index is 0.284. The Bertz CT molecular complexity index is 1060. The molecule has 6 rings (SSSR count). The van der Waals surface area contributed by atoms with Crippen molar-refractivity contribution in [1.82, 2.24) is 0 Å². The fraction of sp³-hybridized carbons (Fsp3) is 0.423. The smallest absolute Gasteiger partial charge is 0.341 e. The fourth-order valence-electron chi connectivity index (χ4n) is 5.65. The first-order chi connectivity index (χ1) is 15.1. The van der Waals surface area contributed by atoms with Gasteiger partial charge >= 0.3 is 5.97 Å². The van der Waals surface area contributed by atoms with Gasteiger partial charge in [-0.25, -0.2) is 4.79 Å². The van der Waals surface area contributed by atoms with Gasteiger partial charge in [0.1, 0.15) is 28.8 Å². The Morgan fingerprint density at radius 2 is 1.71 bits per heavy atom. The fourth-order valence-corrected chi connectivity index (χ4v) is 5.65. The molecule has 0 N–H and O–H groups in total. The van der Waals surface area contributed by atoms with E-state index >= 15 is 0 Å². The van der Waals surface area contributed by atoms with Crippen molar-refractivity contribution in [2.45, 2.75) is 62.4 Å². The molecule has 1 spiro atoms. The van der Waals surface area contributed by atoms with Gasteiger partial charge in [0.15, 0.2) is 0 Å². The van der Waals surface area contributed by atoms with Crippen molar-refractivity contribution in [1.29, 1.82) is 0 Å². The Labute approximate surface area is 182 Å². The third-order valence-electron chi connectivity index (χ3n) is 7.23. The van der Waals surface area contributed by atoms with Gasteiger partial charge in [-0.1, -0.05) is 30.7 Å². The molecule has 4 aliphatic rings. The van der Waals surface area contributed by atoms with E-state index in [1.165, 1.54) is 6.42 Å². The first kappa shape index (κ1) is 18.9. The van der Waals surface area contributed by atoms with Gasteiger partial charge in [0.25, 0.3) is 0 Å². The molecule has 2 aromatic rings. The monoisotopic (exact) mass is 418 g/mol. The highest BCUT2D eigenvalue weighted by molar-refractivity contribution is 5.92. The van der Waals surface area contributed by atoms with Crippen molar-refractivity contribution >= 4 is 5.97 Å². The summed E-state index contributed by atoms with van der Waals surface area (Å²) in [6.07, 6.45) is 5.90. The second-order valence-electron chi connectivity index (χ2n) is 9.10. The standard InChI is InChI=1S/C26H26O5/c1-28-19-11-9-18(10-12-19)26-15-17-7-3-4-8-20(17)23(30-26)22-21(29-26)16-25(31-24(22)27)13-5-2-6-14-25/h3-4,7-12,23H,2,5-6,13-16H2,1H3/t23-,26-/m0/s1. The summed E-state index contributed by atoms with van der Waals surface area (Å²) in [6.45, 7) is 0. The number of hydrogen-bond acceptors (Lipinski definition) is 5. The predicted molar refractivity (Wildman–Crippen MR) is 113 cm³/mol. The molecule has 2 bridgehead atoms. The molecule has 1 fully saturated rings. The van der Waals surface area contributed by atoms with Gasteiger partial charge in [0.05, 0.1) is 7.11 Å². The van der Waals surface area contributed by atoms with Crippen LogP contribution in [-0.2, 0) is 31.2 Å². The number of carbonyl (C=O) groups is 1. The number of hydrogen-bond donors (Lipinski definition) is 0. The van der Waals surface area contributed by atoms with E-state index in [2.05, 4.69) is 6.07 Å². The lowest BCUT2D eigenvalue weighted by molar-refractivity contribution is -0.278. The number of ether oxygens (including phenoxy) is 4. The van der Waals surface area contributed by atoms with Crippen LogP contribution in [0.15, 0.2) is 59.9 Å². The molecule has 31 heavy (non-hydrogen) atoms. The van der Waals surface area contributed by atoms with Crippen LogP contribution in [0.2, 0.25) is 0 Å². The van der Waals surface area contributed by atoms with E-state index in [1.807, 2.05) is 42.5 Å². The highest BCUT2D eigenvalue weighted by Gasteiger charge is 2.55. The average molecular weight is 418 g/mol. The maximum atomic E-state index is 13.3. The molecule has 0 saturated heterocycles. The quantitative estimate of drug-likeness (QED) is 0.636. The highest BCUT2D eigenvalue weighted by Crippen LogP contribution is 2.55.